The van der Waals surface area contributed by atoms with E-state index in [-0.39, 0.29) is 27.8 Å². The number of carbonyl (C=O) groups is 1. The van der Waals surface area contributed by atoms with Crippen LogP contribution < -0.4 is 15.8 Å². The molecular formula is C19H13Cl2F6N3O. The average Bonchev–Trinajstić information content (AvgIpc) is 3.14. The third-order valence-corrected chi connectivity index (χ3v) is 5.05. The summed E-state index contributed by atoms with van der Waals surface area (Å²) in [4.78, 5) is 14.0. The van der Waals surface area contributed by atoms with Crippen LogP contribution in [0.25, 0.3) is 0 Å². The normalized spacial score (nSPS) is 16.5. The number of halogens is 8. The molecule has 2 aromatic rings. The van der Waals surface area contributed by atoms with E-state index in [4.69, 9.17) is 23.2 Å². The zero-order chi connectivity index (χ0) is 23.0. The molecular weight excluding hydrogens is 471 g/mol. The number of hydrogen-bond acceptors (Lipinski definition) is 3. The molecule has 1 amide bonds. The van der Waals surface area contributed by atoms with Gasteiger partial charge in [0.15, 0.2) is 0 Å². The lowest BCUT2D eigenvalue weighted by Crippen LogP contribution is -2.44. The predicted octanol–water partition coefficient (Wildman–Crippen LogP) is 6.27. The van der Waals surface area contributed by atoms with E-state index < -0.39 is 35.4 Å². The molecule has 1 aliphatic heterocycles. The molecule has 0 fully saturated rings. The van der Waals surface area contributed by atoms with Gasteiger partial charge in [-0.1, -0.05) is 29.3 Å². The van der Waals surface area contributed by atoms with E-state index >= 15 is 0 Å². The van der Waals surface area contributed by atoms with E-state index in [9.17, 15) is 31.1 Å². The van der Waals surface area contributed by atoms with Gasteiger partial charge in [0, 0.05) is 6.20 Å². The number of anilines is 2. The number of hydrogen-bond donors (Lipinski definition) is 2. The Labute approximate surface area is 182 Å². The fourth-order valence-electron chi connectivity index (χ4n) is 2.90. The summed E-state index contributed by atoms with van der Waals surface area (Å²) in [6.45, 7) is 0. The van der Waals surface area contributed by atoms with Crippen LogP contribution in [0.5, 0.6) is 0 Å². The fourth-order valence-corrected chi connectivity index (χ4v) is 3.41. The maximum atomic E-state index is 12.8. The van der Waals surface area contributed by atoms with Crippen molar-refractivity contribution in [2.75, 3.05) is 10.3 Å². The number of carbonyl (C=O) groups excluding carboxylic acids is 1. The minimum atomic E-state index is -4.57. The molecule has 0 aliphatic carbocycles. The van der Waals surface area contributed by atoms with Crippen molar-refractivity contribution in [3.63, 3.8) is 0 Å². The molecule has 12 heteroatoms. The Morgan fingerprint density at radius 1 is 0.935 bits per heavy atom. The molecule has 0 saturated heterocycles. The highest BCUT2D eigenvalue weighted by Gasteiger charge is 2.34. The van der Waals surface area contributed by atoms with E-state index in [1.54, 1.807) is 6.08 Å². The number of nitrogens with zero attached hydrogens (tertiary/aromatic N) is 1. The van der Waals surface area contributed by atoms with Crippen LogP contribution in [0.2, 0.25) is 10.0 Å². The lowest BCUT2D eigenvalue weighted by atomic mass is 10.1. The second kappa shape index (κ2) is 8.51. The first-order chi connectivity index (χ1) is 14.4. The van der Waals surface area contributed by atoms with Gasteiger partial charge in [0.2, 0.25) is 0 Å². The van der Waals surface area contributed by atoms with Crippen LogP contribution in [-0.4, -0.2) is 11.9 Å². The third-order valence-electron chi connectivity index (χ3n) is 4.43. The first kappa shape index (κ1) is 23.1. The van der Waals surface area contributed by atoms with Crippen LogP contribution in [0.3, 0.4) is 0 Å². The molecule has 2 N–H and O–H groups in total. The van der Waals surface area contributed by atoms with E-state index in [0.29, 0.717) is 6.07 Å². The highest BCUT2D eigenvalue weighted by Crippen LogP contribution is 2.37. The number of rotatable bonds is 4. The Balaban J connectivity index is 1.71. The molecule has 0 saturated carbocycles. The summed E-state index contributed by atoms with van der Waals surface area (Å²) in [7, 11) is 0. The summed E-state index contributed by atoms with van der Waals surface area (Å²) in [5, 5.41) is -0.458. The number of benzene rings is 2. The van der Waals surface area contributed by atoms with Gasteiger partial charge in [-0.15, -0.1) is 0 Å². The topological polar surface area (TPSA) is 44.4 Å². The van der Waals surface area contributed by atoms with Gasteiger partial charge >= 0.3 is 12.4 Å². The van der Waals surface area contributed by atoms with Gasteiger partial charge in [-0.2, -0.15) is 26.3 Å². The maximum absolute atomic E-state index is 12.8. The van der Waals surface area contributed by atoms with Crippen molar-refractivity contribution in [3.05, 3.63) is 69.8 Å². The molecule has 0 aromatic heterocycles. The van der Waals surface area contributed by atoms with E-state index in [2.05, 4.69) is 10.9 Å². The maximum Gasteiger partial charge on any atom is 0.416 e. The molecule has 0 radical (unpaired) electrons. The largest absolute Gasteiger partial charge is 0.416 e. The van der Waals surface area contributed by atoms with Crippen molar-refractivity contribution < 1.29 is 31.1 Å². The highest BCUT2D eigenvalue weighted by atomic mass is 35.5. The summed E-state index contributed by atoms with van der Waals surface area (Å²) < 4.78 is 76.6. The molecule has 0 spiro atoms. The molecule has 166 valence electrons. The molecule has 31 heavy (non-hydrogen) atoms. The van der Waals surface area contributed by atoms with Crippen molar-refractivity contribution in [2.45, 2.75) is 24.8 Å². The van der Waals surface area contributed by atoms with Crippen molar-refractivity contribution in [3.8, 4) is 0 Å². The van der Waals surface area contributed by atoms with Crippen LogP contribution in [0.4, 0.5) is 37.7 Å². The van der Waals surface area contributed by atoms with Crippen LogP contribution >= 0.6 is 23.2 Å². The summed E-state index contributed by atoms with van der Waals surface area (Å²) in [6.07, 6.45) is -5.77. The lowest BCUT2D eigenvalue weighted by molar-refractivity contribution is -0.138. The van der Waals surface area contributed by atoms with Gasteiger partial charge in [0.1, 0.15) is 6.04 Å². The van der Waals surface area contributed by atoms with Gasteiger partial charge < -0.3 is 4.90 Å². The van der Waals surface area contributed by atoms with Gasteiger partial charge in [-0.3, -0.25) is 15.6 Å². The molecule has 4 nitrogen and oxygen atoms in total. The average molecular weight is 484 g/mol. The Morgan fingerprint density at radius 3 is 2.06 bits per heavy atom. The Morgan fingerprint density at radius 2 is 1.52 bits per heavy atom. The SMILES string of the molecule is O=C(NNc1ccc(C(F)(F)F)cc1Cl)C1CC=CN1c1ccc(C(F)(F)F)cc1Cl. The molecule has 1 heterocycles. The zero-order valence-corrected chi connectivity index (χ0v) is 16.8. The number of hydrazine groups is 1. The third kappa shape index (κ3) is 5.19. The fraction of sp³-hybridized carbons (Fsp3) is 0.211. The van der Waals surface area contributed by atoms with E-state index in [0.717, 1.165) is 30.3 Å². The van der Waals surface area contributed by atoms with Gasteiger partial charge in [-0.05, 0) is 42.8 Å². The molecule has 2 aromatic carbocycles. The lowest BCUT2D eigenvalue weighted by Gasteiger charge is -2.26. The zero-order valence-electron chi connectivity index (χ0n) is 15.3. The Kier molecular flexibility index (Phi) is 6.33. The second-order valence-corrected chi connectivity index (χ2v) is 7.33. The molecule has 1 unspecified atom stereocenters. The molecule has 3 rings (SSSR count). The second-order valence-electron chi connectivity index (χ2n) is 6.51. The summed E-state index contributed by atoms with van der Waals surface area (Å²) >= 11 is 11.8. The van der Waals surface area contributed by atoms with Crippen molar-refractivity contribution in [2.24, 2.45) is 0 Å². The van der Waals surface area contributed by atoms with Crippen molar-refractivity contribution in [1.29, 1.82) is 0 Å². The molecule has 0 bridgehead atoms. The minimum Gasteiger partial charge on any atom is -0.334 e. The van der Waals surface area contributed by atoms with Crippen LogP contribution in [0, 0.1) is 0 Å². The first-order valence-electron chi connectivity index (χ1n) is 8.62. The Hall–Kier alpha value is -2.59. The summed E-state index contributed by atoms with van der Waals surface area (Å²) in [5.74, 6) is -0.600. The summed E-state index contributed by atoms with van der Waals surface area (Å²) in [5.41, 5.74) is 3.14. The predicted molar refractivity (Wildman–Crippen MR) is 105 cm³/mol. The summed E-state index contributed by atoms with van der Waals surface area (Å²) in [6, 6.07) is 4.48. The smallest absolute Gasteiger partial charge is 0.334 e. The van der Waals surface area contributed by atoms with Gasteiger partial charge in [0.25, 0.3) is 5.91 Å². The van der Waals surface area contributed by atoms with Crippen molar-refractivity contribution in [1.82, 2.24) is 5.43 Å². The Bertz CT molecular complexity index is 1020. The number of nitrogens with one attached hydrogen (secondary N) is 2. The van der Waals surface area contributed by atoms with E-state index in [1.165, 1.54) is 11.1 Å². The standard InChI is InChI=1S/C19H13Cl2F6N3O/c20-12-8-10(18(22,23)24)3-5-14(12)28-29-17(31)16-2-1-7-30(16)15-6-4-11(9-13(15)21)19(25,26)27/h1,3-9,16,28H,2H2,(H,29,31). The minimum absolute atomic E-state index is 0.0353. The first-order valence-corrected chi connectivity index (χ1v) is 9.38. The van der Waals surface area contributed by atoms with Gasteiger partial charge in [0.05, 0.1) is 32.5 Å². The molecule has 1 atom stereocenters. The van der Waals surface area contributed by atoms with E-state index in [1.807, 2.05) is 0 Å². The number of alkyl halides is 6. The number of amides is 1. The van der Waals surface area contributed by atoms with Crippen LogP contribution in [0.1, 0.15) is 17.5 Å². The van der Waals surface area contributed by atoms with Crippen LogP contribution in [0.15, 0.2) is 48.7 Å². The highest BCUT2D eigenvalue weighted by molar-refractivity contribution is 6.33. The quantitative estimate of drug-likeness (QED) is 0.398. The molecule has 1 aliphatic rings. The van der Waals surface area contributed by atoms with Gasteiger partial charge in [-0.25, -0.2) is 0 Å². The van der Waals surface area contributed by atoms with Crippen molar-refractivity contribution >= 4 is 40.5 Å². The monoisotopic (exact) mass is 483 g/mol. The van der Waals surface area contributed by atoms with Crippen LogP contribution in [-0.2, 0) is 17.1 Å².